The number of aromatic nitrogens is 2. The smallest absolute Gasteiger partial charge is 0.410 e. The Hall–Kier alpha value is -2.58. The second-order valence-electron chi connectivity index (χ2n) is 11.3. The fourth-order valence-corrected chi connectivity index (χ4v) is 5.68. The van der Waals surface area contributed by atoms with Gasteiger partial charge in [-0.15, -0.1) is 0 Å². The van der Waals surface area contributed by atoms with Gasteiger partial charge < -0.3 is 24.8 Å². The van der Waals surface area contributed by atoms with Crippen molar-refractivity contribution < 1.29 is 14.3 Å². The van der Waals surface area contributed by atoms with Gasteiger partial charge in [-0.1, -0.05) is 19.8 Å². The lowest BCUT2D eigenvalue weighted by Gasteiger charge is -2.43. The van der Waals surface area contributed by atoms with Crippen LogP contribution in [0, 0.1) is 5.92 Å². The summed E-state index contributed by atoms with van der Waals surface area (Å²) in [4.78, 5) is 40.8. The maximum absolute atomic E-state index is 13.1. The molecule has 1 aromatic heterocycles. The molecule has 3 aliphatic rings. The molecule has 1 aromatic rings. The predicted molar refractivity (Wildman–Crippen MR) is 138 cm³/mol. The molecule has 194 valence electrons. The molecule has 2 amide bonds. The topological polar surface area (TPSA) is 90.9 Å². The summed E-state index contributed by atoms with van der Waals surface area (Å²) >= 11 is 0. The van der Waals surface area contributed by atoms with Crippen LogP contribution in [0.1, 0.15) is 79.6 Å². The zero-order valence-corrected chi connectivity index (χ0v) is 22.2. The van der Waals surface area contributed by atoms with Crippen LogP contribution in [0.3, 0.4) is 0 Å². The molecule has 9 nitrogen and oxygen atoms in total. The van der Waals surface area contributed by atoms with Gasteiger partial charge in [-0.3, -0.25) is 4.79 Å². The Bertz CT molecular complexity index is 918. The van der Waals surface area contributed by atoms with Gasteiger partial charge in [0.25, 0.3) is 0 Å². The average molecular weight is 487 g/mol. The first kappa shape index (κ1) is 25.5. The number of hydrogen-bond acceptors (Lipinski definition) is 7. The Morgan fingerprint density at radius 3 is 2.46 bits per heavy atom. The van der Waals surface area contributed by atoms with E-state index in [1.165, 1.54) is 12.8 Å². The summed E-state index contributed by atoms with van der Waals surface area (Å²) in [6.07, 6.45) is 8.73. The van der Waals surface area contributed by atoms with Crippen molar-refractivity contribution in [2.45, 2.75) is 103 Å². The third kappa shape index (κ3) is 5.48. The van der Waals surface area contributed by atoms with Gasteiger partial charge in [-0.05, 0) is 65.7 Å². The highest BCUT2D eigenvalue weighted by atomic mass is 16.6. The minimum Gasteiger partial charge on any atom is -0.444 e. The first-order chi connectivity index (χ1) is 16.6. The molecule has 9 heteroatoms. The third-order valence-corrected chi connectivity index (χ3v) is 7.67. The molecular formula is C26H42N6O3. The Kier molecular flexibility index (Phi) is 7.43. The van der Waals surface area contributed by atoms with Gasteiger partial charge in [0, 0.05) is 32.2 Å². The van der Waals surface area contributed by atoms with Crippen LogP contribution >= 0.6 is 0 Å². The van der Waals surface area contributed by atoms with Crippen molar-refractivity contribution >= 4 is 29.5 Å². The van der Waals surface area contributed by atoms with Gasteiger partial charge in [-0.25, -0.2) is 9.78 Å². The number of likely N-dealkylation sites (tertiary alicyclic amines) is 1. The van der Waals surface area contributed by atoms with Crippen LogP contribution in [0.25, 0.3) is 0 Å². The van der Waals surface area contributed by atoms with Gasteiger partial charge in [0.05, 0.1) is 6.20 Å². The molecule has 0 radical (unpaired) electrons. The number of nitrogens with zero attached hydrogens (tertiary/aromatic N) is 5. The Morgan fingerprint density at radius 2 is 1.86 bits per heavy atom. The quantitative estimate of drug-likeness (QED) is 0.658. The molecule has 2 fully saturated rings. The van der Waals surface area contributed by atoms with Gasteiger partial charge in [0.1, 0.15) is 17.3 Å². The number of anilines is 3. The molecule has 1 unspecified atom stereocenters. The number of amides is 2. The zero-order valence-electron chi connectivity index (χ0n) is 22.2. The van der Waals surface area contributed by atoms with E-state index in [1.807, 2.05) is 27.8 Å². The third-order valence-electron chi connectivity index (χ3n) is 7.67. The van der Waals surface area contributed by atoms with Crippen molar-refractivity contribution in [3.8, 4) is 0 Å². The highest BCUT2D eigenvalue weighted by Gasteiger charge is 2.41. The van der Waals surface area contributed by atoms with Crippen molar-refractivity contribution in [3.63, 3.8) is 0 Å². The van der Waals surface area contributed by atoms with Crippen molar-refractivity contribution in [1.29, 1.82) is 0 Å². The number of carbonyl (C=O) groups is 2. The summed E-state index contributed by atoms with van der Waals surface area (Å²) < 4.78 is 5.53. The molecule has 0 spiro atoms. The van der Waals surface area contributed by atoms with Crippen LogP contribution in [0.2, 0.25) is 0 Å². The maximum atomic E-state index is 13.1. The Labute approximate surface area is 209 Å². The number of ether oxygens (including phenoxy) is 1. The highest BCUT2D eigenvalue weighted by molar-refractivity contribution is 6.04. The van der Waals surface area contributed by atoms with Crippen LogP contribution in [-0.4, -0.2) is 70.7 Å². The van der Waals surface area contributed by atoms with Gasteiger partial charge in [0.2, 0.25) is 11.9 Å². The number of carbonyl (C=O) groups excluding carboxylic acids is 2. The highest BCUT2D eigenvalue weighted by Crippen LogP contribution is 2.40. The molecular weight excluding hydrogens is 444 g/mol. The van der Waals surface area contributed by atoms with Gasteiger partial charge in [-0.2, -0.15) is 4.98 Å². The number of hydrogen-bond donors (Lipinski definition) is 1. The summed E-state index contributed by atoms with van der Waals surface area (Å²) in [7, 11) is 1.83. The first-order valence-corrected chi connectivity index (χ1v) is 13.3. The number of piperidine rings is 1. The molecule has 0 bridgehead atoms. The average Bonchev–Trinajstić information content (AvgIpc) is 3.34. The first-order valence-electron chi connectivity index (χ1n) is 13.3. The summed E-state index contributed by atoms with van der Waals surface area (Å²) in [5.41, 5.74) is 0.310. The second kappa shape index (κ2) is 10.2. The molecule has 2 aliphatic heterocycles. The summed E-state index contributed by atoms with van der Waals surface area (Å²) in [5.74, 6) is 2.01. The SMILES string of the molecule is CC[C@H]1C(=O)N(C)c2cnc(NC(C)C3CCN(C(=O)OC(C)(C)C)CC3)nc2N1C1CCCC1. The fraction of sp³-hybridized carbons (Fsp3) is 0.769. The van der Waals surface area contributed by atoms with E-state index in [1.54, 1.807) is 16.0 Å². The lowest BCUT2D eigenvalue weighted by atomic mass is 9.90. The van der Waals surface area contributed by atoms with E-state index < -0.39 is 5.60 Å². The van der Waals surface area contributed by atoms with Crippen molar-refractivity contribution in [1.82, 2.24) is 14.9 Å². The van der Waals surface area contributed by atoms with E-state index in [2.05, 4.69) is 29.0 Å². The molecule has 1 aliphatic carbocycles. The van der Waals surface area contributed by atoms with Crippen LogP contribution in [0.5, 0.6) is 0 Å². The van der Waals surface area contributed by atoms with E-state index in [0.29, 0.717) is 31.0 Å². The van der Waals surface area contributed by atoms with E-state index in [9.17, 15) is 9.59 Å². The van der Waals surface area contributed by atoms with E-state index in [-0.39, 0.29) is 24.1 Å². The summed E-state index contributed by atoms with van der Waals surface area (Å²) in [6, 6.07) is 0.348. The lowest BCUT2D eigenvalue weighted by molar-refractivity contribution is -0.120. The minimum atomic E-state index is -0.478. The molecule has 4 rings (SSSR count). The predicted octanol–water partition coefficient (Wildman–Crippen LogP) is 4.43. The molecule has 3 heterocycles. The Balaban J connectivity index is 1.45. The molecule has 2 atom stereocenters. The Morgan fingerprint density at radius 1 is 1.20 bits per heavy atom. The van der Waals surface area contributed by atoms with Crippen LogP contribution in [0.4, 0.5) is 22.2 Å². The molecule has 1 saturated carbocycles. The number of rotatable bonds is 5. The summed E-state index contributed by atoms with van der Waals surface area (Å²) in [6.45, 7) is 11.3. The minimum absolute atomic E-state index is 0.126. The maximum Gasteiger partial charge on any atom is 0.410 e. The largest absolute Gasteiger partial charge is 0.444 e. The zero-order chi connectivity index (χ0) is 25.3. The van der Waals surface area contributed by atoms with Crippen molar-refractivity contribution in [2.24, 2.45) is 5.92 Å². The number of nitrogens with one attached hydrogen (secondary N) is 1. The fourth-order valence-electron chi connectivity index (χ4n) is 5.68. The molecule has 35 heavy (non-hydrogen) atoms. The molecule has 1 saturated heterocycles. The van der Waals surface area contributed by atoms with Crippen LogP contribution < -0.4 is 15.1 Å². The number of likely N-dealkylation sites (N-methyl/N-ethyl adjacent to an activating group) is 1. The monoisotopic (exact) mass is 486 g/mol. The van der Waals surface area contributed by atoms with E-state index in [4.69, 9.17) is 9.72 Å². The van der Waals surface area contributed by atoms with E-state index in [0.717, 1.165) is 43.6 Å². The number of fused-ring (bicyclic) bond motifs is 1. The van der Waals surface area contributed by atoms with E-state index >= 15 is 0 Å². The van der Waals surface area contributed by atoms with Gasteiger partial charge in [0.15, 0.2) is 5.82 Å². The van der Waals surface area contributed by atoms with Crippen molar-refractivity contribution in [2.75, 3.05) is 35.3 Å². The molecule has 0 aromatic carbocycles. The van der Waals surface area contributed by atoms with Crippen molar-refractivity contribution in [3.05, 3.63) is 6.20 Å². The van der Waals surface area contributed by atoms with Crippen LogP contribution in [0.15, 0.2) is 6.20 Å². The summed E-state index contributed by atoms with van der Waals surface area (Å²) in [5, 5.41) is 3.53. The van der Waals surface area contributed by atoms with Gasteiger partial charge >= 0.3 is 6.09 Å². The standard InChI is InChI=1S/C26H42N6O3/c1-7-20-23(33)30(6)21-16-27-24(29-22(21)32(20)19-10-8-9-11-19)28-17(2)18-12-14-31(15-13-18)25(34)35-26(3,4)5/h16-20H,7-15H2,1-6H3,(H,27,28,29)/t17?,20-/m0/s1. The lowest BCUT2D eigenvalue weighted by Crippen LogP contribution is -2.55. The second-order valence-corrected chi connectivity index (χ2v) is 11.3. The van der Waals surface area contributed by atoms with Crippen LogP contribution in [-0.2, 0) is 9.53 Å². The normalized spacial score (nSPS) is 22.9. The molecule has 1 N–H and O–H groups in total.